The van der Waals surface area contributed by atoms with Gasteiger partial charge in [-0.05, 0) is 31.2 Å². The fraction of sp³-hybridized carbons (Fsp3) is 0.278. The predicted molar refractivity (Wildman–Crippen MR) is 103 cm³/mol. The highest BCUT2D eigenvalue weighted by atomic mass is 35.5. The maximum atomic E-state index is 12.6. The Balaban J connectivity index is 1.62. The summed E-state index contributed by atoms with van der Waals surface area (Å²) >= 11 is 12.1. The number of halogens is 2. The van der Waals surface area contributed by atoms with E-state index in [0.29, 0.717) is 28.0 Å². The van der Waals surface area contributed by atoms with Crippen LogP contribution in [0, 0.1) is 0 Å². The van der Waals surface area contributed by atoms with Crippen LogP contribution in [0.15, 0.2) is 42.7 Å². The molecule has 142 valence electrons. The standard InChI is InChI=1S/C18H19Cl2N5O2/c1-3-25-13(7-9-21-25)11-23(2)18(26)15-8-10-24(22-15)12-27-16-6-4-5-14(19)17(16)20/h4-10H,3,11-12H2,1-2H3. The number of nitrogens with zero attached hydrogens (tertiary/aromatic N) is 5. The van der Waals surface area contributed by atoms with Gasteiger partial charge in [0.15, 0.2) is 12.4 Å². The third kappa shape index (κ3) is 4.43. The number of hydrogen-bond acceptors (Lipinski definition) is 4. The normalized spacial score (nSPS) is 10.8. The Morgan fingerprint density at radius 3 is 2.85 bits per heavy atom. The summed E-state index contributed by atoms with van der Waals surface area (Å²) in [6, 6.07) is 8.70. The largest absolute Gasteiger partial charge is 0.470 e. The first-order valence-corrected chi connectivity index (χ1v) is 9.11. The summed E-state index contributed by atoms with van der Waals surface area (Å²) in [5.74, 6) is 0.274. The van der Waals surface area contributed by atoms with Crippen LogP contribution in [0.1, 0.15) is 23.1 Å². The number of carbonyl (C=O) groups excluding carboxylic acids is 1. The average molecular weight is 408 g/mol. The zero-order valence-corrected chi connectivity index (χ0v) is 16.5. The first-order valence-electron chi connectivity index (χ1n) is 8.36. The number of benzene rings is 1. The lowest BCUT2D eigenvalue weighted by molar-refractivity contribution is 0.0773. The van der Waals surface area contributed by atoms with E-state index in [-0.39, 0.29) is 12.6 Å². The van der Waals surface area contributed by atoms with Gasteiger partial charge in [-0.3, -0.25) is 9.48 Å². The molecule has 7 nitrogen and oxygen atoms in total. The van der Waals surface area contributed by atoms with E-state index in [0.717, 1.165) is 12.2 Å². The highest BCUT2D eigenvalue weighted by Crippen LogP contribution is 2.31. The number of aromatic nitrogens is 4. The van der Waals surface area contributed by atoms with Gasteiger partial charge in [0.05, 0.1) is 17.3 Å². The second-order valence-electron chi connectivity index (χ2n) is 5.87. The van der Waals surface area contributed by atoms with E-state index >= 15 is 0 Å². The third-order valence-electron chi connectivity index (χ3n) is 3.98. The van der Waals surface area contributed by atoms with Crippen molar-refractivity contribution < 1.29 is 9.53 Å². The van der Waals surface area contributed by atoms with Crippen molar-refractivity contribution in [3.8, 4) is 5.75 Å². The van der Waals surface area contributed by atoms with Crippen molar-refractivity contribution >= 4 is 29.1 Å². The van der Waals surface area contributed by atoms with Gasteiger partial charge in [-0.1, -0.05) is 29.3 Å². The van der Waals surface area contributed by atoms with Gasteiger partial charge in [0, 0.05) is 26.0 Å². The molecule has 0 radical (unpaired) electrons. The Kier molecular flexibility index (Phi) is 6.03. The molecule has 0 bridgehead atoms. The van der Waals surface area contributed by atoms with Crippen LogP contribution in [0.2, 0.25) is 10.0 Å². The quantitative estimate of drug-likeness (QED) is 0.598. The molecule has 0 aliphatic carbocycles. The molecule has 0 saturated carbocycles. The molecule has 2 aromatic heterocycles. The second kappa shape index (κ2) is 8.45. The van der Waals surface area contributed by atoms with Crippen molar-refractivity contribution in [1.29, 1.82) is 0 Å². The van der Waals surface area contributed by atoms with E-state index in [2.05, 4.69) is 10.2 Å². The molecule has 0 spiro atoms. The molecular formula is C18H19Cl2N5O2. The van der Waals surface area contributed by atoms with Crippen LogP contribution in [0.25, 0.3) is 0 Å². The Morgan fingerprint density at radius 2 is 2.07 bits per heavy atom. The molecule has 0 atom stereocenters. The molecule has 0 unspecified atom stereocenters. The summed E-state index contributed by atoms with van der Waals surface area (Å²) in [6.45, 7) is 3.32. The minimum atomic E-state index is -0.182. The molecular weight excluding hydrogens is 389 g/mol. The molecule has 3 aromatic rings. The molecule has 0 aliphatic heterocycles. The van der Waals surface area contributed by atoms with E-state index < -0.39 is 0 Å². The molecule has 0 aliphatic rings. The first-order chi connectivity index (χ1) is 13.0. The first kappa shape index (κ1) is 19.3. The SMILES string of the molecule is CCn1nccc1CN(C)C(=O)c1ccn(COc2cccc(Cl)c2Cl)n1. The number of aryl methyl sites for hydroxylation is 1. The summed E-state index contributed by atoms with van der Waals surface area (Å²) < 4.78 is 8.99. The van der Waals surface area contributed by atoms with Gasteiger partial charge in [-0.15, -0.1) is 0 Å². The van der Waals surface area contributed by atoms with Gasteiger partial charge in [0.2, 0.25) is 0 Å². The summed E-state index contributed by atoms with van der Waals surface area (Å²) in [4.78, 5) is 14.2. The Hall–Kier alpha value is -2.51. The van der Waals surface area contributed by atoms with E-state index in [1.807, 2.05) is 17.7 Å². The molecule has 27 heavy (non-hydrogen) atoms. The van der Waals surface area contributed by atoms with E-state index in [9.17, 15) is 4.79 Å². The molecule has 2 heterocycles. The Morgan fingerprint density at radius 1 is 1.26 bits per heavy atom. The zero-order valence-electron chi connectivity index (χ0n) is 15.0. The summed E-state index contributed by atoms with van der Waals surface area (Å²) in [5.41, 5.74) is 1.30. The lowest BCUT2D eigenvalue weighted by Gasteiger charge is -2.16. The highest BCUT2D eigenvalue weighted by Gasteiger charge is 2.17. The average Bonchev–Trinajstić information content (AvgIpc) is 3.31. The maximum absolute atomic E-state index is 12.6. The Bertz CT molecular complexity index is 937. The lowest BCUT2D eigenvalue weighted by Crippen LogP contribution is -2.28. The van der Waals surface area contributed by atoms with Crippen LogP contribution in [0.4, 0.5) is 0 Å². The minimum absolute atomic E-state index is 0.111. The summed E-state index contributed by atoms with van der Waals surface area (Å²) in [6.07, 6.45) is 3.40. The van der Waals surface area contributed by atoms with Crippen molar-refractivity contribution in [3.63, 3.8) is 0 Å². The summed E-state index contributed by atoms with van der Waals surface area (Å²) in [5, 5.41) is 9.24. The molecule has 0 N–H and O–H groups in total. The molecule has 1 aromatic carbocycles. The van der Waals surface area contributed by atoms with Gasteiger partial charge < -0.3 is 9.64 Å². The molecule has 9 heteroatoms. The van der Waals surface area contributed by atoms with Crippen molar-refractivity contribution in [2.45, 2.75) is 26.7 Å². The van der Waals surface area contributed by atoms with Gasteiger partial charge in [0.25, 0.3) is 5.91 Å². The fourth-order valence-corrected chi connectivity index (χ4v) is 2.91. The number of rotatable bonds is 7. The van der Waals surface area contributed by atoms with Crippen molar-refractivity contribution in [2.75, 3.05) is 7.05 Å². The lowest BCUT2D eigenvalue weighted by atomic mass is 10.3. The molecule has 1 amide bonds. The van der Waals surface area contributed by atoms with Crippen LogP contribution in [-0.4, -0.2) is 37.4 Å². The van der Waals surface area contributed by atoms with Crippen LogP contribution in [0.5, 0.6) is 5.75 Å². The molecule has 0 saturated heterocycles. The predicted octanol–water partition coefficient (Wildman–Crippen LogP) is 3.72. The smallest absolute Gasteiger partial charge is 0.274 e. The number of ether oxygens (including phenoxy) is 1. The van der Waals surface area contributed by atoms with Gasteiger partial charge in [-0.2, -0.15) is 10.2 Å². The number of hydrogen-bond donors (Lipinski definition) is 0. The number of carbonyl (C=O) groups is 1. The van der Waals surface area contributed by atoms with Gasteiger partial charge in [0.1, 0.15) is 10.8 Å². The minimum Gasteiger partial charge on any atom is -0.470 e. The zero-order chi connectivity index (χ0) is 19.4. The van der Waals surface area contributed by atoms with Crippen LogP contribution in [0.3, 0.4) is 0 Å². The second-order valence-corrected chi connectivity index (χ2v) is 6.65. The highest BCUT2D eigenvalue weighted by molar-refractivity contribution is 6.42. The fourth-order valence-electron chi connectivity index (χ4n) is 2.57. The van der Waals surface area contributed by atoms with E-state index in [1.54, 1.807) is 48.6 Å². The van der Waals surface area contributed by atoms with Gasteiger partial charge >= 0.3 is 0 Å². The topological polar surface area (TPSA) is 65.2 Å². The van der Waals surface area contributed by atoms with Crippen LogP contribution < -0.4 is 4.74 Å². The molecule has 0 fully saturated rings. The van der Waals surface area contributed by atoms with Crippen molar-refractivity contribution in [2.24, 2.45) is 0 Å². The van der Waals surface area contributed by atoms with Crippen molar-refractivity contribution in [3.05, 3.63) is 64.2 Å². The van der Waals surface area contributed by atoms with E-state index in [4.69, 9.17) is 27.9 Å². The van der Waals surface area contributed by atoms with E-state index in [1.165, 1.54) is 4.68 Å². The van der Waals surface area contributed by atoms with Gasteiger partial charge in [-0.25, -0.2) is 4.68 Å². The molecule has 3 rings (SSSR count). The van der Waals surface area contributed by atoms with Crippen molar-refractivity contribution in [1.82, 2.24) is 24.5 Å². The number of amides is 1. The monoisotopic (exact) mass is 407 g/mol. The third-order valence-corrected chi connectivity index (χ3v) is 4.78. The maximum Gasteiger partial charge on any atom is 0.274 e. The van der Waals surface area contributed by atoms with Crippen LogP contribution in [-0.2, 0) is 19.8 Å². The summed E-state index contributed by atoms with van der Waals surface area (Å²) in [7, 11) is 1.73. The van der Waals surface area contributed by atoms with Crippen LogP contribution >= 0.6 is 23.2 Å². The Labute approximate surface area is 167 Å².